The molecule has 0 radical (unpaired) electrons. The largest absolute Gasteiger partial charge is 0.494 e. The summed E-state index contributed by atoms with van der Waals surface area (Å²) in [5.41, 5.74) is 2.42. The predicted octanol–water partition coefficient (Wildman–Crippen LogP) is 4.14. The molecule has 34 heavy (non-hydrogen) atoms. The Morgan fingerprint density at radius 2 is 1.85 bits per heavy atom. The van der Waals surface area contributed by atoms with E-state index < -0.39 is 0 Å². The molecule has 0 aliphatic heterocycles. The number of hydrogen-bond acceptors (Lipinski definition) is 7. The van der Waals surface area contributed by atoms with Gasteiger partial charge in [0.25, 0.3) is 5.91 Å². The van der Waals surface area contributed by atoms with Crippen molar-refractivity contribution in [3.8, 4) is 35.0 Å². The highest BCUT2D eigenvalue weighted by atomic mass is 16.5. The molecule has 2 aromatic heterocycles. The number of ether oxygens (including phenoxy) is 1. The lowest BCUT2D eigenvalue weighted by atomic mass is 10.2. The molecule has 1 N–H and O–H groups in total. The highest BCUT2D eigenvalue weighted by Crippen LogP contribution is 2.20. The number of nitriles is 2. The average Bonchev–Trinajstić information content (AvgIpc) is 3.32. The number of carbonyl (C=O) groups is 1. The lowest BCUT2D eigenvalue weighted by molar-refractivity contribution is 0.102. The van der Waals surface area contributed by atoms with Crippen molar-refractivity contribution in [3.63, 3.8) is 0 Å². The van der Waals surface area contributed by atoms with Crippen molar-refractivity contribution < 1.29 is 9.53 Å². The van der Waals surface area contributed by atoms with E-state index in [1.165, 1.54) is 4.68 Å². The fraction of sp³-hybridized carbons (Fsp3) is 0.120. The van der Waals surface area contributed by atoms with Gasteiger partial charge in [0.2, 0.25) is 5.82 Å². The van der Waals surface area contributed by atoms with Crippen LogP contribution in [0.25, 0.3) is 17.1 Å². The van der Waals surface area contributed by atoms with Gasteiger partial charge in [-0.3, -0.25) is 9.78 Å². The highest BCUT2D eigenvalue weighted by molar-refractivity contribution is 6.04. The first-order valence-electron chi connectivity index (χ1n) is 10.5. The van der Waals surface area contributed by atoms with Crippen LogP contribution in [0.15, 0.2) is 73.1 Å². The molecule has 0 spiro atoms. The summed E-state index contributed by atoms with van der Waals surface area (Å²) in [6, 6.07) is 21.5. The average molecular weight is 449 g/mol. The van der Waals surface area contributed by atoms with Crippen molar-refractivity contribution in [1.29, 1.82) is 10.5 Å². The lowest BCUT2D eigenvalue weighted by Crippen LogP contribution is -2.12. The summed E-state index contributed by atoms with van der Waals surface area (Å²) in [5.74, 6) is 0.928. The summed E-state index contributed by atoms with van der Waals surface area (Å²) in [6.45, 7) is 0.453. The van der Waals surface area contributed by atoms with Gasteiger partial charge in [-0.1, -0.05) is 0 Å². The predicted molar refractivity (Wildman–Crippen MR) is 124 cm³/mol. The Hall–Kier alpha value is -5.02. The van der Waals surface area contributed by atoms with E-state index in [0.717, 1.165) is 0 Å². The molecule has 0 fully saturated rings. The van der Waals surface area contributed by atoms with E-state index >= 15 is 0 Å². The molecule has 0 saturated carbocycles. The van der Waals surface area contributed by atoms with Crippen molar-refractivity contribution in [1.82, 2.24) is 19.7 Å². The molecular weight excluding hydrogens is 430 g/mol. The van der Waals surface area contributed by atoms with Crippen LogP contribution in [0.2, 0.25) is 0 Å². The molecule has 0 saturated heterocycles. The summed E-state index contributed by atoms with van der Waals surface area (Å²) < 4.78 is 6.99. The maximum absolute atomic E-state index is 12.6. The minimum absolute atomic E-state index is 0.144. The number of nitrogens with zero attached hydrogens (tertiary/aromatic N) is 6. The number of nitrogens with one attached hydrogen (secondary N) is 1. The Bertz CT molecular complexity index is 1350. The van der Waals surface area contributed by atoms with Gasteiger partial charge in [0.1, 0.15) is 11.8 Å². The van der Waals surface area contributed by atoms with Gasteiger partial charge in [-0.2, -0.15) is 15.5 Å². The van der Waals surface area contributed by atoms with Gasteiger partial charge in [0, 0.05) is 35.6 Å². The van der Waals surface area contributed by atoms with Crippen LogP contribution in [0.5, 0.6) is 5.75 Å². The third-order valence-corrected chi connectivity index (χ3v) is 4.81. The first-order chi connectivity index (χ1) is 16.7. The second-order valence-electron chi connectivity index (χ2n) is 7.16. The smallest absolute Gasteiger partial charge is 0.255 e. The van der Waals surface area contributed by atoms with E-state index in [1.54, 1.807) is 67.0 Å². The first-order valence-corrected chi connectivity index (χ1v) is 10.5. The Labute approximate surface area is 195 Å². The van der Waals surface area contributed by atoms with Gasteiger partial charge in [-0.05, 0) is 67.1 Å². The van der Waals surface area contributed by atoms with Crippen LogP contribution in [0.1, 0.15) is 29.0 Å². The summed E-state index contributed by atoms with van der Waals surface area (Å²) in [4.78, 5) is 20.9. The lowest BCUT2D eigenvalue weighted by Gasteiger charge is -2.08. The fourth-order valence-electron chi connectivity index (χ4n) is 3.11. The van der Waals surface area contributed by atoms with Crippen molar-refractivity contribution in [2.75, 3.05) is 11.9 Å². The normalized spacial score (nSPS) is 10.2. The van der Waals surface area contributed by atoms with Crippen LogP contribution in [0, 0.1) is 22.7 Å². The Morgan fingerprint density at radius 3 is 2.53 bits per heavy atom. The number of pyridine rings is 1. The van der Waals surface area contributed by atoms with E-state index in [9.17, 15) is 10.1 Å². The van der Waals surface area contributed by atoms with Crippen molar-refractivity contribution in [2.24, 2.45) is 0 Å². The molecule has 2 aromatic carbocycles. The maximum Gasteiger partial charge on any atom is 0.255 e. The van der Waals surface area contributed by atoms with E-state index in [2.05, 4.69) is 32.5 Å². The van der Waals surface area contributed by atoms with Gasteiger partial charge in [0.05, 0.1) is 18.4 Å². The van der Waals surface area contributed by atoms with Gasteiger partial charge in [0.15, 0.2) is 5.82 Å². The topological polar surface area (TPSA) is 130 Å². The first kappa shape index (κ1) is 22.2. The number of hydrogen-bond donors (Lipinski definition) is 1. The van der Waals surface area contributed by atoms with Gasteiger partial charge in [-0.25, -0.2) is 4.68 Å². The zero-order chi connectivity index (χ0) is 23.8. The molecule has 9 heteroatoms. The second-order valence-corrected chi connectivity index (χ2v) is 7.16. The Balaban J connectivity index is 1.42. The fourth-order valence-corrected chi connectivity index (χ4v) is 3.11. The van der Waals surface area contributed by atoms with Crippen LogP contribution >= 0.6 is 0 Å². The highest BCUT2D eigenvalue weighted by Gasteiger charge is 2.13. The molecule has 0 aliphatic rings. The molecule has 0 bridgehead atoms. The number of anilines is 1. The van der Waals surface area contributed by atoms with Crippen molar-refractivity contribution in [3.05, 3.63) is 84.4 Å². The number of amides is 1. The summed E-state index contributed by atoms with van der Waals surface area (Å²) in [6.07, 6.45) is 4.39. The molecule has 1 amide bonds. The number of aromatic nitrogens is 4. The third-order valence-electron chi connectivity index (χ3n) is 4.81. The van der Waals surface area contributed by atoms with Gasteiger partial charge in [-0.15, -0.1) is 5.10 Å². The molecular formula is C25H19N7O2. The zero-order valence-electron chi connectivity index (χ0n) is 18.0. The van der Waals surface area contributed by atoms with Crippen LogP contribution in [0.3, 0.4) is 0 Å². The number of carbonyl (C=O) groups excluding carboxylic acids is 1. The summed E-state index contributed by atoms with van der Waals surface area (Å²) in [5, 5.41) is 25.3. The summed E-state index contributed by atoms with van der Waals surface area (Å²) in [7, 11) is 0. The Morgan fingerprint density at radius 1 is 1.06 bits per heavy atom. The second kappa shape index (κ2) is 10.5. The van der Waals surface area contributed by atoms with E-state index in [1.807, 2.05) is 6.07 Å². The van der Waals surface area contributed by atoms with Crippen LogP contribution < -0.4 is 10.1 Å². The number of unbranched alkanes of at least 4 members (excludes halogenated alkanes) is 1. The van der Waals surface area contributed by atoms with Crippen molar-refractivity contribution in [2.45, 2.75) is 12.8 Å². The molecule has 166 valence electrons. The minimum atomic E-state index is -0.263. The van der Waals surface area contributed by atoms with Gasteiger partial charge < -0.3 is 10.1 Å². The third kappa shape index (κ3) is 5.23. The molecule has 9 nitrogen and oxygen atoms in total. The van der Waals surface area contributed by atoms with Crippen molar-refractivity contribution >= 4 is 11.6 Å². The van der Waals surface area contributed by atoms with Gasteiger partial charge >= 0.3 is 0 Å². The Kier molecular flexibility index (Phi) is 6.87. The molecule has 0 unspecified atom stereocenters. The zero-order valence-corrected chi connectivity index (χ0v) is 18.0. The van der Waals surface area contributed by atoms with E-state index in [0.29, 0.717) is 53.5 Å². The SMILES string of the molecule is N#CCCCOc1ccc(C(=O)Nc2ccc(-n3nc(-c4cccnc4)nc3C#N)cc2)cc1. The molecule has 4 rings (SSSR count). The monoisotopic (exact) mass is 449 g/mol. The molecule has 4 aromatic rings. The van der Waals surface area contributed by atoms with E-state index in [4.69, 9.17) is 10.00 Å². The van der Waals surface area contributed by atoms with E-state index in [-0.39, 0.29) is 11.7 Å². The summed E-state index contributed by atoms with van der Waals surface area (Å²) >= 11 is 0. The van der Waals surface area contributed by atoms with Crippen LogP contribution in [-0.2, 0) is 0 Å². The molecule has 2 heterocycles. The molecule has 0 atom stereocenters. The standard InChI is InChI=1S/C25H19N7O2/c26-13-1-2-15-34-22-11-5-18(6-12-22)25(33)29-20-7-9-21(10-8-20)32-23(16-27)30-24(31-32)19-4-3-14-28-17-19/h3-12,14,17H,1-2,15H2,(H,29,33). The maximum atomic E-state index is 12.6. The number of benzene rings is 2. The minimum Gasteiger partial charge on any atom is -0.494 e. The van der Waals surface area contributed by atoms with Crippen LogP contribution in [0.4, 0.5) is 5.69 Å². The van der Waals surface area contributed by atoms with Crippen LogP contribution in [-0.4, -0.2) is 32.3 Å². The molecule has 0 aliphatic carbocycles. The quantitative estimate of drug-likeness (QED) is 0.400. The number of rotatable bonds is 8.